The summed E-state index contributed by atoms with van der Waals surface area (Å²) in [5, 5.41) is 0. The van der Waals surface area contributed by atoms with Crippen LogP contribution in [0.5, 0.6) is 11.5 Å². The highest BCUT2D eigenvalue weighted by molar-refractivity contribution is 8.21. The third kappa shape index (κ3) is 2.68. The Morgan fingerprint density at radius 2 is 2.00 bits per heavy atom. The molecular formula is C14H14O4S2. The van der Waals surface area contributed by atoms with Crippen LogP contribution in [0.1, 0.15) is 11.7 Å². The van der Waals surface area contributed by atoms with E-state index in [0.717, 1.165) is 15.6 Å². The number of hydrogen-bond donors (Lipinski definition) is 0. The molecule has 0 spiro atoms. The molecule has 4 nitrogen and oxygen atoms in total. The van der Waals surface area contributed by atoms with Crippen LogP contribution in [0, 0.1) is 0 Å². The molecule has 2 aliphatic heterocycles. The Morgan fingerprint density at radius 3 is 2.75 bits per heavy atom. The lowest BCUT2D eigenvalue weighted by Gasteiger charge is -1.99. The number of carbonyl (C=O) groups is 1. The molecule has 2 aliphatic rings. The van der Waals surface area contributed by atoms with Gasteiger partial charge >= 0.3 is 0 Å². The van der Waals surface area contributed by atoms with E-state index in [4.69, 9.17) is 14.2 Å². The van der Waals surface area contributed by atoms with Gasteiger partial charge in [0.05, 0.1) is 0 Å². The van der Waals surface area contributed by atoms with Gasteiger partial charge in [-0.1, -0.05) is 6.07 Å². The Balaban J connectivity index is 1.70. The maximum atomic E-state index is 12.1. The van der Waals surface area contributed by atoms with Crippen molar-refractivity contribution >= 4 is 29.3 Å². The van der Waals surface area contributed by atoms with E-state index in [1.165, 1.54) is 0 Å². The van der Waals surface area contributed by atoms with E-state index in [1.54, 1.807) is 29.6 Å². The number of rotatable bonds is 5. The molecule has 1 aromatic carbocycles. The number of hydrogen-bond acceptors (Lipinski definition) is 6. The second-order valence-electron chi connectivity index (χ2n) is 4.36. The molecule has 2 heterocycles. The van der Waals surface area contributed by atoms with E-state index in [0.29, 0.717) is 5.75 Å². The summed E-state index contributed by atoms with van der Waals surface area (Å²) in [5.74, 6) is 1.48. The Hall–Kier alpha value is -1.11. The van der Waals surface area contributed by atoms with Crippen LogP contribution < -0.4 is 9.47 Å². The Bertz CT molecular complexity index is 564. The van der Waals surface area contributed by atoms with Gasteiger partial charge in [0.2, 0.25) is 6.79 Å². The summed E-state index contributed by atoms with van der Waals surface area (Å²) in [6.45, 7) is 0.250. The first-order chi connectivity index (χ1) is 9.72. The molecule has 106 valence electrons. The van der Waals surface area contributed by atoms with Crippen molar-refractivity contribution in [3.63, 3.8) is 0 Å². The average molecular weight is 310 g/mol. The number of epoxide rings is 1. The number of ether oxygens (including phenoxy) is 3. The van der Waals surface area contributed by atoms with Crippen molar-refractivity contribution in [2.24, 2.45) is 0 Å². The monoisotopic (exact) mass is 310 g/mol. The van der Waals surface area contributed by atoms with Crippen LogP contribution in [0.3, 0.4) is 0 Å². The summed E-state index contributed by atoms with van der Waals surface area (Å²) in [7, 11) is 0. The molecule has 0 aromatic heterocycles. The van der Waals surface area contributed by atoms with E-state index < -0.39 is 0 Å². The Labute approximate surface area is 125 Å². The molecule has 1 aromatic rings. The minimum atomic E-state index is -0.371. The number of carbonyl (C=O) groups excluding carboxylic acids is 1. The highest BCUT2D eigenvalue weighted by Gasteiger charge is 2.45. The second-order valence-corrected chi connectivity index (χ2v) is 6.32. The molecule has 1 fully saturated rings. The fraction of sp³-hybridized carbons (Fsp3) is 0.357. The first kappa shape index (κ1) is 13.9. The smallest absolute Gasteiger partial charge is 0.231 e. The molecule has 20 heavy (non-hydrogen) atoms. The van der Waals surface area contributed by atoms with Crippen molar-refractivity contribution in [1.29, 1.82) is 0 Å². The van der Waals surface area contributed by atoms with Gasteiger partial charge in [0.1, 0.15) is 6.10 Å². The van der Waals surface area contributed by atoms with Gasteiger partial charge in [-0.15, -0.1) is 23.5 Å². The first-order valence-corrected chi connectivity index (χ1v) is 8.56. The van der Waals surface area contributed by atoms with Crippen LogP contribution in [-0.4, -0.2) is 31.2 Å². The van der Waals surface area contributed by atoms with Crippen LogP contribution in [0.25, 0.3) is 0 Å². The predicted octanol–water partition coefficient (Wildman–Crippen LogP) is 2.99. The topological polar surface area (TPSA) is 48.1 Å². The molecule has 3 rings (SSSR count). The summed E-state index contributed by atoms with van der Waals surface area (Å²) >= 11 is 3.14. The summed E-state index contributed by atoms with van der Waals surface area (Å²) in [4.78, 5) is 12.1. The molecule has 0 saturated carbocycles. The lowest BCUT2D eigenvalue weighted by atomic mass is 10.1. The van der Waals surface area contributed by atoms with E-state index in [2.05, 4.69) is 0 Å². The molecule has 6 heteroatoms. The molecule has 0 N–H and O–H groups in total. The van der Waals surface area contributed by atoms with Gasteiger partial charge in [-0.3, -0.25) is 4.79 Å². The van der Waals surface area contributed by atoms with E-state index in [1.807, 2.05) is 30.7 Å². The molecule has 1 saturated heterocycles. The summed E-state index contributed by atoms with van der Waals surface area (Å²) < 4.78 is 17.1. The lowest BCUT2D eigenvalue weighted by molar-refractivity contribution is -0.115. The number of ketones is 1. The van der Waals surface area contributed by atoms with Gasteiger partial charge in [0, 0.05) is 10.3 Å². The van der Waals surface area contributed by atoms with Gasteiger partial charge in [-0.05, 0) is 30.2 Å². The number of thioether (sulfide) groups is 2. The third-order valence-corrected chi connectivity index (χ3v) is 5.20. The van der Waals surface area contributed by atoms with Crippen LogP contribution in [0.4, 0.5) is 0 Å². The zero-order valence-corrected chi connectivity index (χ0v) is 12.8. The zero-order chi connectivity index (χ0) is 14.1. The number of fused-ring (bicyclic) bond motifs is 1. The van der Waals surface area contributed by atoms with Crippen LogP contribution in [-0.2, 0) is 9.53 Å². The van der Waals surface area contributed by atoms with E-state index in [9.17, 15) is 4.79 Å². The molecule has 0 bridgehead atoms. The van der Waals surface area contributed by atoms with Gasteiger partial charge in [0.15, 0.2) is 23.4 Å². The molecule has 2 atom stereocenters. The molecular weight excluding hydrogens is 296 g/mol. The van der Waals surface area contributed by atoms with Crippen LogP contribution >= 0.6 is 23.5 Å². The lowest BCUT2D eigenvalue weighted by Crippen LogP contribution is -2.04. The minimum absolute atomic E-state index is 0.0198. The predicted molar refractivity (Wildman–Crippen MR) is 80.3 cm³/mol. The first-order valence-electron chi connectivity index (χ1n) is 6.11. The summed E-state index contributed by atoms with van der Waals surface area (Å²) in [6, 6.07) is 5.65. The van der Waals surface area contributed by atoms with Gasteiger partial charge in [0.25, 0.3) is 0 Å². The summed E-state index contributed by atoms with van der Waals surface area (Å²) in [5.41, 5.74) is 0.954. The van der Waals surface area contributed by atoms with E-state index >= 15 is 0 Å². The SMILES string of the molecule is CSC(=CC(=O)[C@H]1O[C@@H]1c1ccc2c(c1)OCO2)SC. The van der Waals surface area contributed by atoms with Crippen molar-refractivity contribution in [3.8, 4) is 11.5 Å². The van der Waals surface area contributed by atoms with Crippen molar-refractivity contribution in [3.05, 3.63) is 34.1 Å². The third-order valence-electron chi connectivity index (χ3n) is 3.16. The van der Waals surface area contributed by atoms with Gasteiger partial charge in [-0.25, -0.2) is 0 Å². The fourth-order valence-electron chi connectivity index (χ4n) is 2.07. The fourth-order valence-corrected chi connectivity index (χ4v) is 3.21. The van der Waals surface area contributed by atoms with Crippen LogP contribution in [0.15, 0.2) is 28.5 Å². The standard InChI is InChI=1S/C14H14O4S2/c1-19-12(20-2)6-9(15)14-13(18-14)8-3-4-10-11(5-8)17-7-16-10/h3-6,13-14H,7H2,1-2H3/t13-,14-/m1/s1. The van der Waals surface area contributed by atoms with E-state index in [-0.39, 0.29) is 24.8 Å². The molecule has 0 aliphatic carbocycles. The second kappa shape index (κ2) is 5.71. The highest BCUT2D eigenvalue weighted by atomic mass is 32.2. The van der Waals surface area contributed by atoms with Crippen molar-refractivity contribution < 1.29 is 19.0 Å². The minimum Gasteiger partial charge on any atom is -0.454 e. The summed E-state index contributed by atoms with van der Waals surface area (Å²) in [6.07, 6.45) is 5.03. The highest BCUT2D eigenvalue weighted by Crippen LogP contribution is 2.44. The molecule has 0 amide bonds. The van der Waals surface area contributed by atoms with Gasteiger partial charge in [-0.2, -0.15) is 0 Å². The average Bonchev–Trinajstić information content (AvgIpc) is 3.14. The Kier molecular flexibility index (Phi) is 3.96. The largest absolute Gasteiger partial charge is 0.454 e. The molecule has 0 unspecified atom stereocenters. The van der Waals surface area contributed by atoms with Gasteiger partial charge < -0.3 is 14.2 Å². The van der Waals surface area contributed by atoms with Crippen molar-refractivity contribution in [2.75, 3.05) is 19.3 Å². The zero-order valence-electron chi connectivity index (χ0n) is 11.1. The molecule has 0 radical (unpaired) electrons. The maximum absolute atomic E-state index is 12.1. The van der Waals surface area contributed by atoms with Crippen molar-refractivity contribution in [1.82, 2.24) is 0 Å². The van der Waals surface area contributed by atoms with Crippen LogP contribution in [0.2, 0.25) is 0 Å². The normalized spacial score (nSPS) is 22.5. The van der Waals surface area contributed by atoms with Crippen molar-refractivity contribution in [2.45, 2.75) is 12.2 Å². The Morgan fingerprint density at radius 1 is 1.25 bits per heavy atom. The quantitative estimate of drug-likeness (QED) is 0.615. The number of benzene rings is 1. The maximum Gasteiger partial charge on any atom is 0.231 e.